The van der Waals surface area contributed by atoms with Crippen LogP contribution in [0, 0.1) is 6.92 Å². The number of aliphatic carboxylic acids is 1. The third-order valence-electron chi connectivity index (χ3n) is 6.00. The minimum atomic E-state index is -1.35. The van der Waals surface area contributed by atoms with Gasteiger partial charge in [0.05, 0.1) is 16.9 Å². The van der Waals surface area contributed by atoms with Crippen molar-refractivity contribution in [1.82, 2.24) is 20.4 Å². The van der Waals surface area contributed by atoms with Crippen molar-refractivity contribution in [3.8, 4) is 0 Å². The molecule has 0 saturated carbocycles. The molecule has 1 aromatic carbocycles. The Kier molecular flexibility index (Phi) is 7.65. The maximum atomic E-state index is 12.3. The topological polar surface area (TPSA) is 143 Å². The van der Waals surface area contributed by atoms with E-state index in [9.17, 15) is 19.2 Å². The number of fused-ring (bicyclic) bond motifs is 2. The monoisotopic (exact) mass is 512 g/mol. The number of aryl methyl sites for hydroxylation is 1. The molecule has 0 radical (unpaired) electrons. The molecule has 1 fully saturated rings. The predicted octanol–water partition coefficient (Wildman–Crippen LogP) is 1.43. The first-order valence-electron chi connectivity index (χ1n) is 11.5. The lowest BCUT2D eigenvalue weighted by atomic mass is 10.1. The van der Waals surface area contributed by atoms with Gasteiger partial charge < -0.3 is 20.6 Å². The fraction of sp³-hybridized carbons (Fsp3) is 0.375. The van der Waals surface area contributed by atoms with E-state index >= 15 is 0 Å². The zero-order valence-corrected chi connectivity index (χ0v) is 20.9. The number of carbonyl (C=O) groups is 4. The molecule has 0 aliphatic carbocycles. The Bertz CT molecular complexity index is 1230. The number of para-hydroxylation sites is 2. The summed E-state index contributed by atoms with van der Waals surface area (Å²) in [6, 6.07) is 10.0. The number of benzene rings is 1. The second-order valence-electron chi connectivity index (χ2n) is 8.78. The highest BCUT2D eigenvalue weighted by Gasteiger charge is 2.30. The average molecular weight is 513 g/mol. The number of rotatable bonds is 6. The van der Waals surface area contributed by atoms with Gasteiger partial charge in [-0.1, -0.05) is 12.1 Å². The summed E-state index contributed by atoms with van der Waals surface area (Å²) in [7, 11) is 1.98. The largest absolute Gasteiger partial charge is 0.481 e. The van der Waals surface area contributed by atoms with E-state index in [0.29, 0.717) is 13.1 Å². The number of piperazine rings is 1. The molecule has 36 heavy (non-hydrogen) atoms. The predicted molar refractivity (Wildman–Crippen MR) is 136 cm³/mol. The van der Waals surface area contributed by atoms with E-state index < -0.39 is 36.5 Å². The van der Waals surface area contributed by atoms with Gasteiger partial charge in [0, 0.05) is 37.1 Å². The number of nitrogens with one attached hydrogen (secondary N) is 3. The van der Waals surface area contributed by atoms with Crippen molar-refractivity contribution in [2.24, 2.45) is 4.99 Å². The molecule has 4 rings (SSSR count). The summed E-state index contributed by atoms with van der Waals surface area (Å²) >= 11 is 1.68. The van der Waals surface area contributed by atoms with Gasteiger partial charge in [-0.15, -0.1) is 11.3 Å². The molecule has 3 heterocycles. The minimum Gasteiger partial charge on any atom is -0.481 e. The fourth-order valence-corrected chi connectivity index (χ4v) is 5.09. The number of hydrogen-bond acceptors (Lipinski definition) is 9. The van der Waals surface area contributed by atoms with E-state index in [2.05, 4.69) is 33.4 Å². The van der Waals surface area contributed by atoms with Gasteiger partial charge >= 0.3 is 5.97 Å². The van der Waals surface area contributed by atoms with Crippen LogP contribution in [0.15, 0.2) is 35.3 Å². The molecule has 1 saturated heterocycles. The van der Waals surface area contributed by atoms with Gasteiger partial charge in [-0.2, -0.15) is 0 Å². The first kappa shape index (κ1) is 25.3. The van der Waals surface area contributed by atoms with Crippen LogP contribution in [0.4, 0.5) is 16.4 Å². The highest BCUT2D eigenvalue weighted by molar-refractivity contribution is 7.16. The molecule has 2 aliphatic rings. The average Bonchev–Trinajstić information content (AvgIpc) is 3.09. The number of hydrogen-bond donors (Lipinski definition) is 4. The first-order chi connectivity index (χ1) is 17.2. The Balaban J connectivity index is 1.41. The second kappa shape index (κ2) is 10.9. The van der Waals surface area contributed by atoms with E-state index in [0.717, 1.165) is 40.9 Å². The number of anilines is 2. The Hall–Kier alpha value is -3.77. The number of likely N-dealkylation sites (N-methyl/N-ethyl adjacent to an activating group) is 1. The molecular formula is C24H28N6O5S. The highest BCUT2D eigenvalue weighted by atomic mass is 32.1. The van der Waals surface area contributed by atoms with Gasteiger partial charge in [0.15, 0.2) is 0 Å². The van der Waals surface area contributed by atoms with E-state index in [1.165, 1.54) is 4.88 Å². The van der Waals surface area contributed by atoms with Crippen molar-refractivity contribution in [2.75, 3.05) is 38.5 Å². The smallest absolute Gasteiger partial charge is 0.312 e. The minimum absolute atomic E-state index is 0.0308. The number of imide groups is 1. The van der Waals surface area contributed by atoms with Gasteiger partial charge in [-0.3, -0.25) is 29.4 Å². The van der Waals surface area contributed by atoms with Crippen molar-refractivity contribution in [3.63, 3.8) is 0 Å². The molecule has 0 bridgehead atoms. The molecule has 3 amide bonds. The molecular weight excluding hydrogens is 484 g/mol. The molecule has 1 aromatic heterocycles. The maximum absolute atomic E-state index is 12.3. The summed E-state index contributed by atoms with van der Waals surface area (Å²) in [5.74, 6) is -2.80. The lowest BCUT2D eigenvalue weighted by molar-refractivity contribution is -0.141. The number of nitrogens with zero attached hydrogens (tertiary/aromatic N) is 3. The van der Waals surface area contributed by atoms with Crippen molar-refractivity contribution >= 4 is 57.2 Å². The molecule has 2 aliphatic heterocycles. The zero-order valence-electron chi connectivity index (χ0n) is 20.0. The van der Waals surface area contributed by atoms with Crippen LogP contribution in [0.2, 0.25) is 0 Å². The Morgan fingerprint density at radius 3 is 2.67 bits per heavy atom. The quantitative estimate of drug-likeness (QED) is 0.426. The van der Waals surface area contributed by atoms with Gasteiger partial charge in [-0.05, 0) is 32.2 Å². The summed E-state index contributed by atoms with van der Waals surface area (Å²) in [6.45, 7) is 4.52. The van der Waals surface area contributed by atoms with Crippen LogP contribution >= 0.6 is 11.3 Å². The van der Waals surface area contributed by atoms with Crippen LogP contribution < -0.4 is 16.0 Å². The molecule has 4 N–H and O–H groups in total. The maximum Gasteiger partial charge on any atom is 0.312 e. The van der Waals surface area contributed by atoms with Crippen molar-refractivity contribution in [1.29, 1.82) is 0 Å². The van der Waals surface area contributed by atoms with Crippen LogP contribution in [-0.4, -0.2) is 83.7 Å². The van der Waals surface area contributed by atoms with E-state index in [1.54, 1.807) is 11.3 Å². The molecule has 1 unspecified atom stereocenters. The van der Waals surface area contributed by atoms with E-state index in [4.69, 9.17) is 10.1 Å². The van der Waals surface area contributed by atoms with E-state index in [1.807, 2.05) is 36.6 Å². The van der Waals surface area contributed by atoms with Crippen molar-refractivity contribution in [2.45, 2.75) is 25.8 Å². The normalized spacial score (nSPS) is 17.1. The lowest BCUT2D eigenvalue weighted by Crippen LogP contribution is -2.57. The standard InChI is InChI=1S/C24H28N6O5S/c1-14-9-16-23(26-17-5-3-4-6-18(17)27-24(16)36-14)30-8-7-29(2)15(13-30)12-25-19(31)10-20(32)28-21(33)11-22(34)35/h3-6,9,15,27H,7-8,10-13H2,1-2H3,(H,25,31)(H,34,35)(H,28,32,33). The Morgan fingerprint density at radius 1 is 1.14 bits per heavy atom. The number of carboxylic acid groups (broad SMARTS) is 1. The number of aliphatic imine (C=N–C) groups is 1. The highest BCUT2D eigenvalue weighted by Crippen LogP contribution is 2.39. The molecule has 2 aromatic rings. The van der Waals surface area contributed by atoms with Crippen LogP contribution in [-0.2, 0) is 19.2 Å². The summed E-state index contributed by atoms with van der Waals surface area (Å²) in [5.41, 5.74) is 2.86. The van der Waals surface area contributed by atoms with Crippen LogP contribution in [0.1, 0.15) is 23.3 Å². The zero-order chi connectivity index (χ0) is 25.8. The summed E-state index contributed by atoms with van der Waals surface area (Å²) in [4.78, 5) is 56.6. The van der Waals surface area contributed by atoms with Gasteiger partial charge in [0.25, 0.3) is 0 Å². The first-order valence-corrected chi connectivity index (χ1v) is 12.3. The molecule has 1 atom stereocenters. The molecule has 190 valence electrons. The fourth-order valence-electron chi connectivity index (χ4n) is 4.17. The van der Waals surface area contributed by atoms with Crippen molar-refractivity contribution in [3.05, 3.63) is 40.8 Å². The summed E-state index contributed by atoms with van der Waals surface area (Å²) in [6.07, 6.45) is -1.39. The Labute approximate surface area is 212 Å². The third kappa shape index (κ3) is 6.07. The molecule has 0 spiro atoms. The van der Waals surface area contributed by atoms with Crippen LogP contribution in [0.5, 0.6) is 0 Å². The van der Waals surface area contributed by atoms with Gasteiger partial charge in [0.2, 0.25) is 17.7 Å². The molecule has 12 heteroatoms. The van der Waals surface area contributed by atoms with E-state index in [-0.39, 0.29) is 6.04 Å². The number of carboxylic acids is 1. The van der Waals surface area contributed by atoms with Crippen molar-refractivity contribution < 1.29 is 24.3 Å². The number of amidine groups is 1. The van der Waals surface area contributed by atoms with Crippen LogP contribution in [0.25, 0.3) is 0 Å². The number of amides is 3. The number of thiophene rings is 1. The number of carbonyl (C=O) groups excluding carboxylic acids is 3. The SMILES string of the molecule is Cc1cc2c(s1)Nc1ccccc1N=C2N1CCN(C)C(CNC(=O)CC(=O)NC(=O)CC(=O)O)C1. The summed E-state index contributed by atoms with van der Waals surface area (Å²) < 4.78 is 0. The lowest BCUT2D eigenvalue weighted by Gasteiger charge is -2.40. The van der Waals surface area contributed by atoms with Gasteiger partial charge in [-0.25, -0.2) is 4.99 Å². The third-order valence-corrected chi connectivity index (χ3v) is 6.96. The van der Waals surface area contributed by atoms with Gasteiger partial charge in [0.1, 0.15) is 23.7 Å². The second-order valence-corrected chi connectivity index (χ2v) is 10.0. The van der Waals surface area contributed by atoms with Crippen LogP contribution in [0.3, 0.4) is 0 Å². The Morgan fingerprint density at radius 2 is 1.89 bits per heavy atom. The molecule has 11 nitrogen and oxygen atoms in total. The summed E-state index contributed by atoms with van der Waals surface area (Å²) in [5, 5.41) is 17.8.